The number of furan rings is 1. The lowest BCUT2D eigenvalue weighted by atomic mass is 9.84. The molecule has 2 atom stereocenters. The molecule has 3 aromatic rings. The van der Waals surface area contributed by atoms with Crippen molar-refractivity contribution in [1.29, 1.82) is 0 Å². The van der Waals surface area contributed by atoms with Crippen LogP contribution in [-0.2, 0) is 22.4 Å². The standard InChI is InChI=1S/C23H24N2O4/c1-14-9-10-19-17(12-14)22(16-6-3-4-7-18(16)25-19)23(27)29-13-21(26)24-15(2)20-8-5-11-28-20/h3-8,11,14-15H,9-10,12-13H2,1-2H3,(H,24,26)/t14-,15-/m0/s1. The summed E-state index contributed by atoms with van der Waals surface area (Å²) in [6.45, 7) is 3.65. The molecular formula is C23H24N2O4. The summed E-state index contributed by atoms with van der Waals surface area (Å²) in [4.78, 5) is 30.0. The van der Waals surface area contributed by atoms with Crippen molar-refractivity contribution in [2.45, 2.75) is 39.2 Å². The number of benzene rings is 1. The molecule has 1 amide bonds. The first-order valence-corrected chi connectivity index (χ1v) is 9.93. The van der Waals surface area contributed by atoms with Crippen LogP contribution in [0.3, 0.4) is 0 Å². The third-order valence-electron chi connectivity index (χ3n) is 5.39. The molecule has 6 nitrogen and oxygen atoms in total. The summed E-state index contributed by atoms with van der Waals surface area (Å²) in [5.41, 5.74) is 3.24. The van der Waals surface area contributed by atoms with Gasteiger partial charge in [0.1, 0.15) is 5.76 Å². The third kappa shape index (κ3) is 4.01. The number of aromatic nitrogens is 1. The first kappa shape index (κ1) is 19.2. The van der Waals surface area contributed by atoms with Crippen LogP contribution >= 0.6 is 0 Å². The summed E-state index contributed by atoms with van der Waals surface area (Å²) in [5.74, 6) is 0.278. The molecule has 1 aliphatic carbocycles. The number of amides is 1. The van der Waals surface area contributed by atoms with Gasteiger partial charge in [-0.15, -0.1) is 0 Å². The van der Waals surface area contributed by atoms with E-state index in [2.05, 4.69) is 12.2 Å². The molecule has 4 rings (SSSR count). The fraction of sp³-hybridized carbons (Fsp3) is 0.348. The summed E-state index contributed by atoms with van der Waals surface area (Å²) in [6.07, 6.45) is 4.25. The summed E-state index contributed by atoms with van der Waals surface area (Å²) < 4.78 is 10.7. The van der Waals surface area contributed by atoms with E-state index in [1.807, 2.05) is 31.2 Å². The minimum atomic E-state index is -0.477. The van der Waals surface area contributed by atoms with E-state index in [1.165, 1.54) is 0 Å². The fourth-order valence-electron chi connectivity index (χ4n) is 3.89. The lowest BCUT2D eigenvalue weighted by molar-refractivity contribution is -0.125. The molecule has 0 fully saturated rings. The van der Waals surface area contributed by atoms with Gasteiger partial charge in [-0.25, -0.2) is 4.79 Å². The highest BCUT2D eigenvalue weighted by molar-refractivity contribution is 6.05. The van der Waals surface area contributed by atoms with Gasteiger partial charge < -0.3 is 14.5 Å². The van der Waals surface area contributed by atoms with Gasteiger partial charge in [-0.05, 0) is 55.9 Å². The fourth-order valence-corrected chi connectivity index (χ4v) is 3.89. The van der Waals surface area contributed by atoms with E-state index in [4.69, 9.17) is 14.1 Å². The predicted molar refractivity (Wildman–Crippen MR) is 108 cm³/mol. The van der Waals surface area contributed by atoms with E-state index in [-0.39, 0.29) is 18.6 Å². The second-order valence-corrected chi connectivity index (χ2v) is 7.66. The monoisotopic (exact) mass is 392 g/mol. The molecule has 150 valence electrons. The first-order chi connectivity index (χ1) is 14.0. The molecule has 0 saturated carbocycles. The quantitative estimate of drug-likeness (QED) is 0.664. The van der Waals surface area contributed by atoms with Gasteiger partial charge >= 0.3 is 5.97 Å². The Morgan fingerprint density at radius 1 is 1.28 bits per heavy atom. The molecule has 1 aliphatic rings. The highest BCUT2D eigenvalue weighted by Crippen LogP contribution is 2.32. The first-order valence-electron chi connectivity index (χ1n) is 9.93. The highest BCUT2D eigenvalue weighted by Gasteiger charge is 2.26. The second-order valence-electron chi connectivity index (χ2n) is 7.66. The van der Waals surface area contributed by atoms with Gasteiger partial charge in [0.05, 0.1) is 23.4 Å². The third-order valence-corrected chi connectivity index (χ3v) is 5.39. The Hall–Kier alpha value is -3.15. The number of rotatable bonds is 5. The summed E-state index contributed by atoms with van der Waals surface area (Å²) in [6, 6.07) is 10.8. The number of nitrogens with one attached hydrogen (secondary N) is 1. The zero-order valence-corrected chi connectivity index (χ0v) is 16.6. The highest BCUT2D eigenvalue weighted by atomic mass is 16.5. The summed E-state index contributed by atoms with van der Waals surface area (Å²) >= 11 is 0. The van der Waals surface area contributed by atoms with Crippen molar-refractivity contribution in [3.63, 3.8) is 0 Å². The normalized spacial score (nSPS) is 16.8. The number of nitrogens with zero attached hydrogens (tertiary/aromatic N) is 1. The molecule has 0 saturated heterocycles. The largest absolute Gasteiger partial charge is 0.467 e. The number of esters is 1. The van der Waals surface area contributed by atoms with Crippen LogP contribution in [0.1, 0.15) is 53.7 Å². The van der Waals surface area contributed by atoms with Crippen LogP contribution in [0.4, 0.5) is 0 Å². The Labute approximate surface area is 169 Å². The average Bonchev–Trinajstić information content (AvgIpc) is 3.25. The maximum Gasteiger partial charge on any atom is 0.339 e. The molecule has 6 heteroatoms. The number of aryl methyl sites for hydroxylation is 1. The van der Waals surface area contributed by atoms with Gasteiger partial charge in [-0.1, -0.05) is 25.1 Å². The van der Waals surface area contributed by atoms with E-state index in [9.17, 15) is 9.59 Å². The van der Waals surface area contributed by atoms with E-state index in [0.717, 1.165) is 41.4 Å². The zero-order valence-electron chi connectivity index (χ0n) is 16.6. The number of fused-ring (bicyclic) bond motifs is 2. The van der Waals surface area contributed by atoms with Gasteiger partial charge in [-0.3, -0.25) is 9.78 Å². The van der Waals surface area contributed by atoms with Crippen molar-refractivity contribution in [1.82, 2.24) is 10.3 Å². The number of hydrogen-bond acceptors (Lipinski definition) is 5. The SMILES string of the molecule is C[C@H]1CCc2nc3ccccc3c(C(=O)OCC(=O)N[C@@H](C)c3ccco3)c2C1. The molecule has 1 N–H and O–H groups in total. The van der Waals surface area contributed by atoms with Gasteiger partial charge in [0, 0.05) is 11.1 Å². The van der Waals surface area contributed by atoms with Crippen LogP contribution in [-0.4, -0.2) is 23.5 Å². The number of pyridine rings is 1. The Morgan fingerprint density at radius 2 is 2.10 bits per heavy atom. The van der Waals surface area contributed by atoms with Gasteiger partial charge in [0.15, 0.2) is 6.61 Å². The van der Waals surface area contributed by atoms with Crippen molar-refractivity contribution in [3.05, 3.63) is 65.2 Å². The van der Waals surface area contributed by atoms with Crippen LogP contribution in [0.15, 0.2) is 47.1 Å². The molecule has 2 aromatic heterocycles. The summed E-state index contributed by atoms with van der Waals surface area (Å²) in [7, 11) is 0. The maximum atomic E-state index is 13.0. The van der Waals surface area contributed by atoms with E-state index < -0.39 is 5.97 Å². The van der Waals surface area contributed by atoms with E-state index >= 15 is 0 Å². The smallest absolute Gasteiger partial charge is 0.339 e. The Kier molecular flexibility index (Phi) is 5.34. The Bertz CT molecular complexity index is 1040. The van der Waals surface area contributed by atoms with Crippen molar-refractivity contribution in [2.75, 3.05) is 6.61 Å². The van der Waals surface area contributed by atoms with Crippen LogP contribution in [0, 0.1) is 5.92 Å². The molecule has 1 aromatic carbocycles. The number of ether oxygens (including phenoxy) is 1. The molecule has 29 heavy (non-hydrogen) atoms. The van der Waals surface area contributed by atoms with Crippen LogP contribution in [0.2, 0.25) is 0 Å². The van der Waals surface area contributed by atoms with Crippen molar-refractivity contribution in [3.8, 4) is 0 Å². The molecule has 0 bridgehead atoms. The van der Waals surface area contributed by atoms with Crippen molar-refractivity contribution >= 4 is 22.8 Å². The molecule has 2 heterocycles. The Morgan fingerprint density at radius 3 is 2.90 bits per heavy atom. The average molecular weight is 392 g/mol. The number of carbonyl (C=O) groups is 2. The predicted octanol–water partition coefficient (Wildman–Crippen LogP) is 3.99. The molecule has 0 aliphatic heterocycles. The van der Waals surface area contributed by atoms with Crippen LogP contribution < -0.4 is 5.32 Å². The van der Waals surface area contributed by atoms with E-state index in [0.29, 0.717) is 17.2 Å². The minimum Gasteiger partial charge on any atom is -0.467 e. The number of carbonyl (C=O) groups excluding carboxylic acids is 2. The van der Waals surface area contributed by atoms with Crippen LogP contribution in [0.25, 0.3) is 10.9 Å². The number of para-hydroxylation sites is 1. The maximum absolute atomic E-state index is 13.0. The van der Waals surface area contributed by atoms with Gasteiger partial charge in [0.25, 0.3) is 5.91 Å². The number of hydrogen-bond donors (Lipinski definition) is 1. The zero-order chi connectivity index (χ0) is 20.4. The lowest BCUT2D eigenvalue weighted by Crippen LogP contribution is -2.31. The summed E-state index contributed by atoms with van der Waals surface area (Å²) in [5, 5.41) is 3.55. The minimum absolute atomic E-state index is 0.299. The van der Waals surface area contributed by atoms with Gasteiger partial charge in [0.2, 0.25) is 0 Å². The second kappa shape index (κ2) is 8.07. The van der Waals surface area contributed by atoms with Crippen LogP contribution in [0.5, 0.6) is 0 Å². The van der Waals surface area contributed by atoms with Gasteiger partial charge in [-0.2, -0.15) is 0 Å². The molecular weight excluding hydrogens is 368 g/mol. The van der Waals surface area contributed by atoms with Crippen molar-refractivity contribution in [2.24, 2.45) is 5.92 Å². The van der Waals surface area contributed by atoms with E-state index in [1.54, 1.807) is 18.4 Å². The molecule has 0 radical (unpaired) electrons. The Balaban J connectivity index is 1.54. The topological polar surface area (TPSA) is 81.4 Å². The molecule has 0 unspecified atom stereocenters. The molecule has 0 spiro atoms. The lowest BCUT2D eigenvalue weighted by Gasteiger charge is -2.24. The van der Waals surface area contributed by atoms with Crippen molar-refractivity contribution < 1.29 is 18.7 Å².